The van der Waals surface area contributed by atoms with Gasteiger partial charge in [-0.2, -0.15) is 0 Å². The number of benzene rings is 2. The summed E-state index contributed by atoms with van der Waals surface area (Å²) in [6, 6.07) is 18.0. The van der Waals surface area contributed by atoms with E-state index < -0.39 is 85.9 Å². The maximum atomic E-state index is 14.1. The molecule has 1 heterocycles. The molecular weight excluding hydrogens is 836 g/mol. The average Bonchev–Trinajstić information content (AvgIpc) is 3.17. The summed E-state index contributed by atoms with van der Waals surface area (Å²) in [5, 5.41) is 4.48. The van der Waals surface area contributed by atoms with Gasteiger partial charge < -0.3 is 49.3 Å². The van der Waals surface area contributed by atoms with E-state index in [1.165, 1.54) is 20.8 Å². The lowest BCUT2D eigenvalue weighted by Crippen LogP contribution is -2.64. The van der Waals surface area contributed by atoms with Crippen molar-refractivity contribution >= 4 is 39.3 Å². The fourth-order valence-electron chi connectivity index (χ4n) is 6.47. The molecule has 8 N–H and O–H groups in total. The van der Waals surface area contributed by atoms with Crippen LogP contribution in [0.2, 0.25) is 0 Å². The molecule has 0 fully saturated rings. The highest BCUT2D eigenvalue weighted by molar-refractivity contribution is 7.54. The van der Waals surface area contributed by atoms with Gasteiger partial charge in [0.2, 0.25) is 11.2 Å². The SMILES string of the molecule is COC(=O)N[C@H](C(=O)N[C@@H](Cc1ccc(-c2ccccn2)cc1)C[C@H](OCP(=O)(O)O)[C@H](Cc1ccccc1)NOC(=O)[C@](NC(=O)OC)(C(C)(C)C)P(=O)(O)O)C(C)(C)C. The van der Waals surface area contributed by atoms with Crippen molar-refractivity contribution in [2.24, 2.45) is 10.8 Å². The van der Waals surface area contributed by atoms with E-state index in [9.17, 15) is 47.9 Å². The van der Waals surface area contributed by atoms with Gasteiger partial charge in [-0.1, -0.05) is 102 Å². The zero-order valence-corrected chi connectivity index (χ0v) is 37.1. The summed E-state index contributed by atoms with van der Waals surface area (Å²) in [6.07, 6.45) is -3.21. The molecule has 19 nitrogen and oxygen atoms in total. The lowest BCUT2D eigenvalue weighted by Gasteiger charge is -2.42. The molecule has 5 atom stereocenters. The molecule has 21 heteroatoms. The summed E-state index contributed by atoms with van der Waals surface area (Å²) in [5.41, 5.74) is 2.80. The highest BCUT2D eigenvalue weighted by Crippen LogP contribution is 2.58. The number of nitrogens with one attached hydrogen (secondary N) is 4. The number of nitrogens with zero attached hydrogens (tertiary/aromatic N) is 1. The predicted octanol–water partition coefficient (Wildman–Crippen LogP) is 4.39. The zero-order valence-electron chi connectivity index (χ0n) is 35.4. The quantitative estimate of drug-likeness (QED) is 0.0471. The van der Waals surface area contributed by atoms with E-state index in [0.29, 0.717) is 16.8 Å². The molecule has 0 aliphatic rings. The molecule has 0 aliphatic carbocycles. The summed E-state index contributed by atoms with van der Waals surface area (Å²) < 4.78 is 40.7. The van der Waals surface area contributed by atoms with E-state index in [1.807, 2.05) is 41.7 Å². The Kier molecular flexibility index (Phi) is 17.8. The normalized spacial score (nSPS) is 15.2. The van der Waals surface area contributed by atoms with Gasteiger partial charge in [0.15, 0.2) is 0 Å². The first-order valence-corrected chi connectivity index (χ1v) is 22.5. The molecule has 3 aromatic rings. The molecule has 0 saturated carbocycles. The Morgan fingerprint density at radius 1 is 0.754 bits per heavy atom. The third-order valence-electron chi connectivity index (χ3n) is 9.63. The van der Waals surface area contributed by atoms with E-state index in [2.05, 4.69) is 25.8 Å². The largest absolute Gasteiger partial charge is 0.453 e. The number of ether oxygens (including phenoxy) is 3. The van der Waals surface area contributed by atoms with E-state index >= 15 is 0 Å². The molecule has 0 unspecified atom stereocenters. The molecule has 336 valence electrons. The Bertz CT molecular complexity index is 2020. The summed E-state index contributed by atoms with van der Waals surface area (Å²) in [6.45, 7) is 9.03. The van der Waals surface area contributed by atoms with Crippen LogP contribution in [0.1, 0.15) is 59.1 Å². The Morgan fingerprint density at radius 2 is 1.34 bits per heavy atom. The second-order valence-electron chi connectivity index (χ2n) is 16.4. The third kappa shape index (κ3) is 14.7. The number of carbonyl (C=O) groups is 4. The van der Waals surface area contributed by atoms with Crippen LogP contribution < -0.4 is 21.4 Å². The lowest BCUT2D eigenvalue weighted by atomic mass is 9.85. The number of methoxy groups -OCH3 is 2. The van der Waals surface area contributed by atoms with Gasteiger partial charge in [-0.3, -0.25) is 24.2 Å². The van der Waals surface area contributed by atoms with E-state index in [-0.39, 0.29) is 19.3 Å². The first kappa shape index (κ1) is 50.6. The number of alkyl carbamates (subject to hydrolysis) is 2. The van der Waals surface area contributed by atoms with Crippen LogP contribution >= 0.6 is 15.2 Å². The molecule has 0 aliphatic heterocycles. The Balaban J connectivity index is 2.16. The van der Waals surface area contributed by atoms with Gasteiger partial charge in [0, 0.05) is 23.2 Å². The number of pyridine rings is 1. The van der Waals surface area contributed by atoms with Crippen molar-refractivity contribution in [1.82, 2.24) is 26.4 Å². The lowest BCUT2D eigenvalue weighted by molar-refractivity contribution is -0.164. The first-order chi connectivity index (χ1) is 28.3. The molecule has 2 aromatic carbocycles. The molecule has 3 rings (SSSR count). The maximum absolute atomic E-state index is 14.1. The fourth-order valence-corrected chi connectivity index (χ4v) is 8.25. The molecule has 0 radical (unpaired) electrons. The Hall–Kier alpha value is -4.71. The molecule has 1 aromatic heterocycles. The number of hydroxylamine groups is 1. The van der Waals surface area contributed by atoms with Gasteiger partial charge in [0.05, 0.1) is 32.1 Å². The van der Waals surface area contributed by atoms with E-state index in [1.54, 1.807) is 63.4 Å². The van der Waals surface area contributed by atoms with Crippen LogP contribution in [-0.4, -0.2) is 98.7 Å². The maximum Gasteiger partial charge on any atom is 0.408 e. The van der Waals surface area contributed by atoms with Gasteiger partial charge in [-0.05, 0) is 47.9 Å². The first-order valence-electron chi connectivity index (χ1n) is 19.0. The zero-order chi connectivity index (χ0) is 45.8. The monoisotopic (exact) mass is 893 g/mol. The second kappa shape index (κ2) is 21.4. The third-order valence-corrected chi connectivity index (χ3v) is 12.0. The number of amides is 3. The highest BCUT2D eigenvalue weighted by Gasteiger charge is 2.64. The molecule has 3 amide bonds. The molecule has 0 bridgehead atoms. The minimum absolute atomic E-state index is 0.0727. The number of aromatic nitrogens is 1. The smallest absolute Gasteiger partial charge is 0.408 e. The van der Waals surface area contributed by atoms with Gasteiger partial charge in [-0.15, -0.1) is 5.48 Å². The van der Waals surface area contributed by atoms with Gasteiger partial charge in [0.25, 0.3) is 0 Å². The van der Waals surface area contributed by atoms with Crippen LogP contribution in [0.5, 0.6) is 0 Å². The van der Waals surface area contributed by atoms with Crippen LogP contribution in [0.25, 0.3) is 11.3 Å². The van der Waals surface area contributed by atoms with Crippen molar-refractivity contribution in [1.29, 1.82) is 0 Å². The van der Waals surface area contributed by atoms with E-state index in [0.717, 1.165) is 19.8 Å². The van der Waals surface area contributed by atoms with Crippen LogP contribution in [0.15, 0.2) is 79.0 Å². The summed E-state index contributed by atoms with van der Waals surface area (Å²) in [7, 11) is -8.42. The van der Waals surface area contributed by atoms with Crippen LogP contribution in [0.3, 0.4) is 0 Å². The standard InChI is InChI=1S/C40H57N5O14P2/c1-38(2,3)33(43-36(48)56-7)34(46)42-29(22-27-17-19-28(20-18-27)30-16-12-13-21-41-30)24-32(58-25-60(50,51)52)31(23-26-14-10-9-11-15-26)45-59-35(47)40(39(4,5)6,61(53,54)55)44-37(49)57-8/h9-21,29,31-33,45H,22-25H2,1-8H3,(H,42,46)(H,43,48)(H,44,49)(H2,50,51,52)(H2,53,54,55)/t29-,31-,32-,33+,40+/m0/s1. The molecule has 61 heavy (non-hydrogen) atoms. The van der Waals surface area contributed by atoms with Crippen LogP contribution in [0, 0.1) is 10.8 Å². The van der Waals surface area contributed by atoms with Gasteiger partial charge in [0.1, 0.15) is 12.4 Å². The van der Waals surface area contributed by atoms with Gasteiger partial charge >= 0.3 is 33.3 Å². The van der Waals surface area contributed by atoms with Crippen LogP contribution in [-0.2, 0) is 50.6 Å². The molecular formula is C40H57N5O14P2. The highest BCUT2D eigenvalue weighted by atomic mass is 31.2. The van der Waals surface area contributed by atoms with Crippen LogP contribution in [0.4, 0.5) is 9.59 Å². The summed E-state index contributed by atoms with van der Waals surface area (Å²) >= 11 is 0. The van der Waals surface area contributed by atoms with Crippen molar-refractivity contribution in [3.05, 3.63) is 90.1 Å². The predicted molar refractivity (Wildman–Crippen MR) is 223 cm³/mol. The Labute approximate surface area is 355 Å². The minimum Gasteiger partial charge on any atom is -0.453 e. The fraction of sp³-hybridized carbons (Fsp3) is 0.475. The number of rotatable bonds is 19. The topological polar surface area (TPSA) is 281 Å². The summed E-state index contributed by atoms with van der Waals surface area (Å²) in [4.78, 5) is 104. The molecule has 0 spiro atoms. The van der Waals surface area contributed by atoms with Crippen molar-refractivity contribution in [2.45, 2.75) is 90.3 Å². The van der Waals surface area contributed by atoms with Crippen molar-refractivity contribution < 1.29 is 66.9 Å². The van der Waals surface area contributed by atoms with Crippen molar-refractivity contribution in [3.63, 3.8) is 0 Å². The second-order valence-corrected chi connectivity index (χ2v) is 19.8. The number of carbonyl (C=O) groups excluding carboxylic acids is 4. The van der Waals surface area contributed by atoms with Crippen molar-refractivity contribution in [2.75, 3.05) is 20.6 Å². The molecule has 0 saturated heterocycles. The number of hydrogen-bond donors (Lipinski definition) is 8. The van der Waals surface area contributed by atoms with Crippen molar-refractivity contribution in [3.8, 4) is 11.3 Å². The number of hydrogen-bond acceptors (Lipinski definition) is 12. The average molecular weight is 894 g/mol. The summed E-state index contributed by atoms with van der Waals surface area (Å²) in [5.74, 6) is -2.25. The minimum atomic E-state index is -5.62. The van der Waals surface area contributed by atoms with Gasteiger partial charge in [-0.25, -0.2) is 14.4 Å². The Morgan fingerprint density at radius 3 is 1.85 bits per heavy atom. The van der Waals surface area contributed by atoms with E-state index in [4.69, 9.17) is 14.3 Å².